The first kappa shape index (κ1) is 12.3. The fourth-order valence-electron chi connectivity index (χ4n) is 0.980. The highest BCUT2D eigenvalue weighted by Gasteiger charge is 2.06. The first-order valence-electron chi connectivity index (χ1n) is 4.01. The second-order valence-corrected chi connectivity index (χ2v) is 4.67. The van der Waals surface area contributed by atoms with E-state index in [1.54, 1.807) is 12.1 Å². The second-order valence-electron chi connectivity index (χ2n) is 2.97. The number of halogens is 2. The van der Waals surface area contributed by atoms with Gasteiger partial charge in [-0.05, 0) is 62.6 Å². The van der Waals surface area contributed by atoms with Crippen molar-refractivity contribution in [1.29, 1.82) is 0 Å². The Balaban J connectivity index is 3.18. The van der Waals surface area contributed by atoms with Crippen LogP contribution in [0.5, 0.6) is 5.75 Å². The zero-order valence-corrected chi connectivity index (χ0v) is 11.0. The molecule has 0 aliphatic heterocycles. The van der Waals surface area contributed by atoms with E-state index in [2.05, 4.69) is 31.9 Å². The Morgan fingerprint density at radius 2 is 1.80 bits per heavy atom. The van der Waals surface area contributed by atoms with Crippen molar-refractivity contribution in [3.8, 4) is 5.75 Å². The van der Waals surface area contributed by atoms with E-state index < -0.39 is 5.97 Å². The minimum atomic E-state index is -0.963. The lowest BCUT2D eigenvalue weighted by Gasteiger charge is -2.02. The minimum Gasteiger partial charge on any atom is -0.506 e. The van der Waals surface area contributed by atoms with Crippen LogP contribution >= 0.6 is 31.9 Å². The smallest absolute Gasteiger partial charge is 0.331 e. The van der Waals surface area contributed by atoms with Crippen LogP contribution in [0, 0.1) is 0 Å². The number of hydrogen-bond acceptors (Lipinski definition) is 2. The van der Waals surface area contributed by atoms with E-state index >= 15 is 0 Å². The maximum atomic E-state index is 10.6. The monoisotopic (exact) mass is 334 g/mol. The highest BCUT2D eigenvalue weighted by Crippen LogP contribution is 2.33. The molecule has 1 aromatic rings. The van der Waals surface area contributed by atoms with Gasteiger partial charge in [0.25, 0.3) is 0 Å². The molecule has 0 radical (unpaired) electrons. The summed E-state index contributed by atoms with van der Waals surface area (Å²) < 4.78 is 1.03. The fraction of sp³-hybridized carbons (Fsp3) is 0.100. The molecule has 0 heterocycles. The van der Waals surface area contributed by atoms with Crippen LogP contribution in [-0.4, -0.2) is 16.2 Å². The number of hydrogen-bond donors (Lipinski definition) is 2. The van der Waals surface area contributed by atoms with E-state index in [1.807, 2.05) is 0 Å². The van der Waals surface area contributed by atoms with Crippen LogP contribution in [0.1, 0.15) is 12.5 Å². The summed E-state index contributed by atoms with van der Waals surface area (Å²) in [6.07, 6.45) is 1.53. The largest absolute Gasteiger partial charge is 0.506 e. The quantitative estimate of drug-likeness (QED) is 0.814. The van der Waals surface area contributed by atoms with Crippen molar-refractivity contribution in [1.82, 2.24) is 0 Å². The predicted octanol–water partition coefficient (Wildman–Crippen LogP) is 3.41. The summed E-state index contributed by atoms with van der Waals surface area (Å²) in [5.74, 6) is -0.865. The maximum absolute atomic E-state index is 10.6. The van der Waals surface area contributed by atoms with Gasteiger partial charge in [0.05, 0.1) is 8.95 Å². The molecule has 0 unspecified atom stereocenters. The van der Waals surface area contributed by atoms with Crippen LogP contribution in [0.4, 0.5) is 0 Å². The molecule has 0 aliphatic rings. The summed E-state index contributed by atoms with van der Waals surface area (Å²) >= 11 is 6.33. The first-order valence-corrected chi connectivity index (χ1v) is 5.60. The molecule has 80 valence electrons. The van der Waals surface area contributed by atoms with Gasteiger partial charge in [0.15, 0.2) is 0 Å². The van der Waals surface area contributed by atoms with Gasteiger partial charge in [-0.1, -0.05) is 0 Å². The van der Waals surface area contributed by atoms with Gasteiger partial charge in [-0.3, -0.25) is 0 Å². The molecular weight excluding hydrogens is 328 g/mol. The van der Waals surface area contributed by atoms with Crippen LogP contribution < -0.4 is 0 Å². The molecule has 0 saturated carbocycles. The molecule has 2 N–H and O–H groups in total. The third-order valence-electron chi connectivity index (χ3n) is 1.76. The van der Waals surface area contributed by atoms with Gasteiger partial charge in [0.2, 0.25) is 0 Å². The Morgan fingerprint density at radius 1 is 1.33 bits per heavy atom. The number of aromatic hydroxyl groups is 1. The maximum Gasteiger partial charge on any atom is 0.331 e. The Bertz CT molecular complexity index is 415. The molecule has 0 saturated heterocycles. The number of phenolic OH excluding ortho intramolecular Hbond substituents is 1. The molecular formula is C10H8Br2O3. The van der Waals surface area contributed by atoms with Gasteiger partial charge in [0, 0.05) is 5.57 Å². The van der Waals surface area contributed by atoms with Crippen molar-refractivity contribution in [2.75, 3.05) is 0 Å². The average Bonchev–Trinajstić information content (AvgIpc) is 2.13. The van der Waals surface area contributed by atoms with E-state index in [-0.39, 0.29) is 11.3 Å². The molecule has 0 fully saturated rings. The molecule has 1 aromatic carbocycles. The predicted molar refractivity (Wildman–Crippen MR) is 64.8 cm³/mol. The van der Waals surface area contributed by atoms with Gasteiger partial charge in [-0.15, -0.1) is 0 Å². The molecule has 3 nitrogen and oxygen atoms in total. The molecule has 0 aromatic heterocycles. The number of phenols is 1. The van der Waals surface area contributed by atoms with Gasteiger partial charge < -0.3 is 10.2 Å². The zero-order chi connectivity index (χ0) is 11.6. The summed E-state index contributed by atoms with van der Waals surface area (Å²) in [7, 11) is 0. The summed E-state index contributed by atoms with van der Waals surface area (Å²) in [4.78, 5) is 10.6. The van der Waals surface area contributed by atoms with Gasteiger partial charge >= 0.3 is 5.97 Å². The summed E-state index contributed by atoms with van der Waals surface area (Å²) in [6.45, 7) is 1.51. The van der Waals surface area contributed by atoms with E-state index in [1.165, 1.54) is 13.0 Å². The average molecular weight is 336 g/mol. The van der Waals surface area contributed by atoms with E-state index in [0.29, 0.717) is 14.5 Å². The van der Waals surface area contributed by atoms with Crippen molar-refractivity contribution in [2.45, 2.75) is 6.92 Å². The van der Waals surface area contributed by atoms with Gasteiger partial charge in [-0.25, -0.2) is 4.79 Å². The zero-order valence-electron chi connectivity index (χ0n) is 7.79. The van der Waals surface area contributed by atoms with Crippen LogP contribution in [0.3, 0.4) is 0 Å². The number of carbonyl (C=O) groups is 1. The SMILES string of the molecule is C/C(=C\c1cc(Br)c(O)c(Br)c1)C(=O)O. The van der Waals surface area contributed by atoms with Crippen molar-refractivity contribution in [3.05, 3.63) is 32.2 Å². The van der Waals surface area contributed by atoms with E-state index in [4.69, 9.17) is 5.11 Å². The van der Waals surface area contributed by atoms with Gasteiger partial charge in [-0.2, -0.15) is 0 Å². The van der Waals surface area contributed by atoms with Crippen LogP contribution in [0.15, 0.2) is 26.7 Å². The van der Waals surface area contributed by atoms with Gasteiger partial charge in [0.1, 0.15) is 5.75 Å². The third kappa shape index (κ3) is 3.07. The Kier molecular flexibility index (Phi) is 3.93. The molecule has 0 atom stereocenters. The third-order valence-corrected chi connectivity index (χ3v) is 2.97. The number of benzene rings is 1. The molecule has 15 heavy (non-hydrogen) atoms. The summed E-state index contributed by atoms with van der Waals surface area (Å²) in [6, 6.07) is 3.29. The van der Waals surface area contributed by atoms with E-state index in [9.17, 15) is 9.90 Å². The fourth-order valence-corrected chi connectivity index (χ4v) is 2.20. The number of carboxylic acid groups (broad SMARTS) is 1. The lowest BCUT2D eigenvalue weighted by atomic mass is 10.1. The Labute approximate surface area is 104 Å². The van der Waals surface area contributed by atoms with Crippen molar-refractivity contribution in [3.63, 3.8) is 0 Å². The minimum absolute atomic E-state index is 0.0973. The Morgan fingerprint density at radius 3 is 2.20 bits per heavy atom. The standard InChI is InChI=1S/C10H8Br2O3/c1-5(10(14)15)2-6-3-7(11)9(13)8(12)4-6/h2-4,13H,1H3,(H,14,15)/b5-2+. The lowest BCUT2D eigenvalue weighted by Crippen LogP contribution is -1.95. The lowest BCUT2D eigenvalue weighted by molar-refractivity contribution is -0.132. The van der Waals surface area contributed by atoms with Crippen molar-refractivity contribution >= 4 is 43.9 Å². The molecule has 0 amide bonds. The first-order chi connectivity index (χ1) is 6.91. The molecule has 0 aliphatic carbocycles. The van der Waals surface area contributed by atoms with Crippen LogP contribution in [0.2, 0.25) is 0 Å². The number of aliphatic carboxylic acids is 1. The van der Waals surface area contributed by atoms with E-state index in [0.717, 1.165) is 0 Å². The highest BCUT2D eigenvalue weighted by molar-refractivity contribution is 9.11. The molecule has 0 spiro atoms. The van der Waals surface area contributed by atoms with Crippen LogP contribution in [-0.2, 0) is 4.79 Å². The summed E-state index contributed by atoms with van der Waals surface area (Å²) in [5.41, 5.74) is 0.936. The number of carboxylic acids is 1. The summed E-state index contributed by atoms with van der Waals surface area (Å²) in [5, 5.41) is 18.1. The number of rotatable bonds is 2. The van der Waals surface area contributed by atoms with Crippen molar-refractivity contribution in [2.24, 2.45) is 0 Å². The van der Waals surface area contributed by atoms with Crippen molar-refractivity contribution < 1.29 is 15.0 Å². The molecule has 0 bridgehead atoms. The topological polar surface area (TPSA) is 57.5 Å². The Hall–Kier alpha value is -0.810. The van der Waals surface area contributed by atoms with Crippen LogP contribution in [0.25, 0.3) is 6.08 Å². The molecule has 5 heteroatoms. The molecule has 1 rings (SSSR count). The highest BCUT2D eigenvalue weighted by atomic mass is 79.9. The normalized spacial score (nSPS) is 11.5. The second kappa shape index (κ2) is 4.81.